The Morgan fingerprint density at radius 2 is 2.03 bits per heavy atom. The van der Waals surface area contributed by atoms with Crippen LogP contribution < -0.4 is 4.90 Å². The highest BCUT2D eigenvalue weighted by Gasteiger charge is 2.31. The van der Waals surface area contributed by atoms with E-state index in [2.05, 4.69) is 9.97 Å². The Labute approximate surface area is 198 Å². The summed E-state index contributed by atoms with van der Waals surface area (Å²) in [6.45, 7) is 0.190. The van der Waals surface area contributed by atoms with Gasteiger partial charge in [0.25, 0.3) is 0 Å². The maximum absolute atomic E-state index is 12.6. The highest BCUT2D eigenvalue weighted by atomic mass is 35.5. The number of hydrogen-bond donors (Lipinski definition) is 2. The van der Waals surface area contributed by atoms with Crippen molar-refractivity contribution >= 4 is 56.2 Å². The van der Waals surface area contributed by atoms with Crippen LogP contribution in [0.15, 0.2) is 72.6 Å². The van der Waals surface area contributed by atoms with Crippen LogP contribution in [0.25, 0.3) is 15.8 Å². The molecule has 0 amide bonds. The van der Waals surface area contributed by atoms with Gasteiger partial charge in [0.15, 0.2) is 0 Å². The molecule has 2 aromatic carbocycles. The molecular formula is C24H17ClN4O3S. The molecule has 0 fully saturated rings. The van der Waals surface area contributed by atoms with E-state index in [1.165, 1.54) is 11.3 Å². The van der Waals surface area contributed by atoms with E-state index >= 15 is 0 Å². The first-order chi connectivity index (χ1) is 16.0. The van der Waals surface area contributed by atoms with Gasteiger partial charge >= 0.3 is 5.97 Å². The third kappa shape index (κ3) is 4.18. The average Bonchev–Trinajstić information content (AvgIpc) is 3.38. The number of pyridine rings is 1. The van der Waals surface area contributed by atoms with E-state index in [-0.39, 0.29) is 24.7 Å². The van der Waals surface area contributed by atoms with E-state index in [0.717, 1.165) is 15.8 Å². The monoisotopic (exact) mass is 476 g/mol. The Hall–Kier alpha value is -3.75. The van der Waals surface area contributed by atoms with Crippen LogP contribution >= 0.6 is 22.9 Å². The fraction of sp³-hybridized carbons (Fsp3) is 0.0833. The number of rotatable bonds is 5. The van der Waals surface area contributed by atoms with Crippen molar-refractivity contribution in [1.29, 1.82) is 5.41 Å². The number of halogens is 1. The SMILES string of the molecule is N=C1C(c2nc3ccccc3s2)=C(O)CN1c1cccc(C(=O)OCc2ccc(Cl)nc2)c1. The number of aromatic nitrogens is 2. The van der Waals surface area contributed by atoms with Crippen molar-refractivity contribution in [3.05, 3.63) is 93.9 Å². The van der Waals surface area contributed by atoms with Crippen LogP contribution in [0.2, 0.25) is 5.15 Å². The molecule has 9 heteroatoms. The first-order valence-electron chi connectivity index (χ1n) is 10.0. The Morgan fingerprint density at radius 1 is 1.18 bits per heavy atom. The first-order valence-corrected chi connectivity index (χ1v) is 11.2. The van der Waals surface area contributed by atoms with Crippen molar-refractivity contribution in [2.75, 3.05) is 11.4 Å². The Bertz CT molecular complexity index is 1380. The Kier molecular flexibility index (Phi) is 5.53. The summed E-state index contributed by atoms with van der Waals surface area (Å²) in [5.41, 5.74) is 2.89. The number of aliphatic hydroxyl groups excluding tert-OH is 1. The normalized spacial score (nSPS) is 13.7. The third-order valence-electron chi connectivity index (χ3n) is 5.16. The number of anilines is 1. The maximum Gasteiger partial charge on any atom is 0.338 e. The number of para-hydroxylation sites is 1. The van der Waals surface area contributed by atoms with Gasteiger partial charge in [0.1, 0.15) is 28.4 Å². The molecular weight excluding hydrogens is 460 g/mol. The van der Waals surface area contributed by atoms with E-state index in [1.807, 2.05) is 24.3 Å². The zero-order valence-electron chi connectivity index (χ0n) is 17.2. The van der Waals surface area contributed by atoms with E-state index < -0.39 is 5.97 Å². The van der Waals surface area contributed by atoms with Crippen LogP contribution in [-0.4, -0.2) is 33.4 Å². The van der Waals surface area contributed by atoms with E-state index in [0.29, 0.717) is 27.0 Å². The number of amidine groups is 1. The van der Waals surface area contributed by atoms with Crippen LogP contribution in [0.1, 0.15) is 20.9 Å². The quantitative estimate of drug-likeness (QED) is 0.293. The predicted octanol–water partition coefficient (Wildman–Crippen LogP) is 5.47. The van der Waals surface area contributed by atoms with Crippen molar-refractivity contribution in [2.45, 2.75) is 6.61 Å². The number of nitrogens with one attached hydrogen (secondary N) is 1. The number of esters is 1. The van der Waals surface area contributed by atoms with Gasteiger partial charge in [0.2, 0.25) is 0 Å². The molecule has 0 radical (unpaired) electrons. The van der Waals surface area contributed by atoms with E-state index in [4.69, 9.17) is 21.7 Å². The van der Waals surface area contributed by atoms with Gasteiger partial charge in [0.05, 0.1) is 27.9 Å². The molecule has 33 heavy (non-hydrogen) atoms. The second-order valence-electron chi connectivity index (χ2n) is 7.36. The molecule has 1 aliphatic rings. The standard InChI is InChI=1S/C24H17ClN4O3S/c25-20-9-8-14(11-27-20)13-32-24(31)15-4-3-5-16(10-15)29-12-18(30)21(22(29)26)23-28-17-6-1-2-7-19(17)33-23/h1-11,26,30H,12-13H2. The summed E-state index contributed by atoms with van der Waals surface area (Å²) in [5, 5.41) is 20.3. The molecule has 164 valence electrons. The Balaban J connectivity index is 1.34. The van der Waals surface area contributed by atoms with Crippen molar-refractivity contribution in [3.8, 4) is 0 Å². The first kappa shape index (κ1) is 21.1. The molecule has 0 spiro atoms. The lowest BCUT2D eigenvalue weighted by Crippen LogP contribution is -2.26. The summed E-state index contributed by atoms with van der Waals surface area (Å²) in [6.07, 6.45) is 1.55. The smallest absolute Gasteiger partial charge is 0.338 e. The number of aliphatic hydroxyl groups is 1. The number of fused-ring (bicyclic) bond motifs is 1. The van der Waals surface area contributed by atoms with Gasteiger partial charge in [-0.25, -0.2) is 14.8 Å². The van der Waals surface area contributed by atoms with Crippen molar-refractivity contribution in [2.24, 2.45) is 0 Å². The van der Waals surface area contributed by atoms with Gasteiger partial charge in [0, 0.05) is 17.4 Å². The molecule has 2 aromatic heterocycles. The second-order valence-corrected chi connectivity index (χ2v) is 8.78. The number of carbonyl (C=O) groups excluding carboxylic acids is 1. The number of benzene rings is 2. The number of nitrogens with zero attached hydrogens (tertiary/aromatic N) is 3. The van der Waals surface area contributed by atoms with Crippen LogP contribution in [0, 0.1) is 5.41 Å². The zero-order valence-corrected chi connectivity index (χ0v) is 18.7. The molecule has 2 N–H and O–H groups in total. The molecule has 1 aliphatic heterocycles. The highest BCUT2D eigenvalue weighted by Crippen LogP contribution is 2.35. The zero-order chi connectivity index (χ0) is 22.9. The van der Waals surface area contributed by atoms with Gasteiger partial charge in [-0.3, -0.25) is 5.41 Å². The van der Waals surface area contributed by atoms with Crippen LogP contribution in [0.5, 0.6) is 0 Å². The second kappa shape index (κ2) is 8.65. The minimum Gasteiger partial charge on any atom is -0.510 e. The summed E-state index contributed by atoms with van der Waals surface area (Å²) < 4.78 is 6.37. The molecule has 0 saturated heterocycles. The molecule has 0 saturated carbocycles. The Morgan fingerprint density at radius 3 is 2.82 bits per heavy atom. The minimum atomic E-state index is -0.499. The lowest BCUT2D eigenvalue weighted by atomic mass is 10.2. The molecule has 7 nitrogen and oxygen atoms in total. The number of hydrogen-bond acceptors (Lipinski definition) is 7. The lowest BCUT2D eigenvalue weighted by Gasteiger charge is -2.19. The highest BCUT2D eigenvalue weighted by molar-refractivity contribution is 7.19. The predicted molar refractivity (Wildman–Crippen MR) is 129 cm³/mol. The van der Waals surface area contributed by atoms with Crippen molar-refractivity contribution in [3.63, 3.8) is 0 Å². The van der Waals surface area contributed by atoms with Gasteiger partial charge in [-0.15, -0.1) is 11.3 Å². The fourth-order valence-electron chi connectivity index (χ4n) is 3.53. The summed E-state index contributed by atoms with van der Waals surface area (Å²) >= 11 is 7.21. The molecule has 0 bridgehead atoms. The summed E-state index contributed by atoms with van der Waals surface area (Å²) in [5.74, 6) is -0.298. The van der Waals surface area contributed by atoms with E-state index in [1.54, 1.807) is 47.5 Å². The molecule has 0 unspecified atom stereocenters. The van der Waals surface area contributed by atoms with Crippen LogP contribution in [0.4, 0.5) is 5.69 Å². The number of ether oxygens (including phenoxy) is 1. The maximum atomic E-state index is 12.6. The average molecular weight is 477 g/mol. The third-order valence-corrected chi connectivity index (χ3v) is 6.44. The number of carbonyl (C=O) groups is 1. The van der Waals surface area contributed by atoms with Gasteiger partial charge < -0.3 is 14.7 Å². The molecule has 4 aromatic rings. The topological polar surface area (TPSA) is 99.4 Å². The van der Waals surface area contributed by atoms with E-state index in [9.17, 15) is 9.90 Å². The molecule has 0 atom stereocenters. The van der Waals surface area contributed by atoms with Gasteiger partial charge in [-0.2, -0.15) is 0 Å². The van der Waals surface area contributed by atoms with Crippen LogP contribution in [0.3, 0.4) is 0 Å². The van der Waals surface area contributed by atoms with Gasteiger partial charge in [-0.05, 0) is 36.4 Å². The largest absolute Gasteiger partial charge is 0.510 e. The number of thiazole rings is 1. The molecule has 0 aliphatic carbocycles. The summed E-state index contributed by atoms with van der Waals surface area (Å²) in [4.78, 5) is 22.8. The molecule has 5 rings (SSSR count). The van der Waals surface area contributed by atoms with Gasteiger partial charge in [-0.1, -0.05) is 35.9 Å². The van der Waals surface area contributed by atoms with Crippen molar-refractivity contribution < 1.29 is 14.6 Å². The fourth-order valence-corrected chi connectivity index (χ4v) is 4.67. The summed E-state index contributed by atoms with van der Waals surface area (Å²) in [7, 11) is 0. The van der Waals surface area contributed by atoms with Crippen LogP contribution in [-0.2, 0) is 11.3 Å². The molecule has 3 heterocycles. The summed E-state index contributed by atoms with van der Waals surface area (Å²) in [6, 6.07) is 17.9. The minimum absolute atomic E-state index is 0.0663. The lowest BCUT2D eigenvalue weighted by molar-refractivity contribution is 0.0472. The van der Waals surface area contributed by atoms with Crippen molar-refractivity contribution in [1.82, 2.24) is 9.97 Å².